The second-order valence-corrected chi connectivity index (χ2v) is 5.25. The SMILES string of the molecule is CC1CC(Nc2cccc(-c3nnnn3C)c2)CCO1. The van der Waals surface area contributed by atoms with Crippen LogP contribution in [0.15, 0.2) is 24.3 Å². The molecule has 0 spiro atoms. The normalized spacial score (nSPS) is 22.7. The molecule has 6 nitrogen and oxygen atoms in total. The maximum atomic E-state index is 5.57. The van der Waals surface area contributed by atoms with Crippen LogP contribution < -0.4 is 5.32 Å². The zero-order chi connectivity index (χ0) is 13.9. The highest BCUT2D eigenvalue weighted by Gasteiger charge is 2.19. The third-order valence-electron chi connectivity index (χ3n) is 3.60. The van der Waals surface area contributed by atoms with Gasteiger partial charge in [-0.3, -0.25) is 0 Å². The highest BCUT2D eigenvalue weighted by Crippen LogP contribution is 2.23. The van der Waals surface area contributed by atoms with Gasteiger partial charge in [-0.2, -0.15) is 0 Å². The second kappa shape index (κ2) is 5.58. The number of ether oxygens (including phenoxy) is 1. The predicted molar refractivity (Wildman–Crippen MR) is 76.3 cm³/mol. The Bertz CT molecular complexity index is 582. The molecule has 0 saturated carbocycles. The molecule has 1 saturated heterocycles. The minimum atomic E-state index is 0.326. The van der Waals surface area contributed by atoms with Crippen molar-refractivity contribution in [1.29, 1.82) is 0 Å². The van der Waals surface area contributed by atoms with Gasteiger partial charge in [-0.15, -0.1) is 5.10 Å². The van der Waals surface area contributed by atoms with Crippen LogP contribution in [0.3, 0.4) is 0 Å². The molecule has 0 aliphatic carbocycles. The number of aromatic nitrogens is 4. The third-order valence-corrected chi connectivity index (χ3v) is 3.60. The standard InChI is InChI=1S/C14H19N5O/c1-10-8-13(6-7-20-10)15-12-5-3-4-11(9-12)14-16-17-18-19(14)2/h3-5,9-10,13,15H,6-8H2,1-2H3. The first kappa shape index (κ1) is 13.1. The maximum Gasteiger partial charge on any atom is 0.181 e. The summed E-state index contributed by atoms with van der Waals surface area (Å²) < 4.78 is 7.25. The average molecular weight is 273 g/mol. The van der Waals surface area contributed by atoms with E-state index < -0.39 is 0 Å². The van der Waals surface area contributed by atoms with E-state index >= 15 is 0 Å². The molecule has 0 bridgehead atoms. The number of rotatable bonds is 3. The van der Waals surface area contributed by atoms with Crippen molar-refractivity contribution < 1.29 is 4.74 Å². The minimum Gasteiger partial charge on any atom is -0.382 e. The van der Waals surface area contributed by atoms with Gasteiger partial charge >= 0.3 is 0 Å². The van der Waals surface area contributed by atoms with Gasteiger partial charge in [0.05, 0.1) is 6.10 Å². The van der Waals surface area contributed by atoms with Crippen LogP contribution in [0.2, 0.25) is 0 Å². The third kappa shape index (κ3) is 2.80. The van der Waals surface area contributed by atoms with E-state index in [9.17, 15) is 0 Å². The lowest BCUT2D eigenvalue weighted by molar-refractivity contribution is 0.0232. The first-order valence-electron chi connectivity index (χ1n) is 6.93. The Morgan fingerprint density at radius 2 is 2.30 bits per heavy atom. The van der Waals surface area contributed by atoms with Crippen molar-refractivity contribution in [2.45, 2.75) is 31.9 Å². The molecule has 6 heteroatoms. The van der Waals surface area contributed by atoms with Gasteiger partial charge in [0.15, 0.2) is 5.82 Å². The molecule has 3 rings (SSSR count). The lowest BCUT2D eigenvalue weighted by Gasteiger charge is -2.28. The molecule has 1 N–H and O–H groups in total. The van der Waals surface area contributed by atoms with Crippen LogP contribution in [0.25, 0.3) is 11.4 Å². The van der Waals surface area contributed by atoms with Gasteiger partial charge in [0.25, 0.3) is 0 Å². The molecule has 20 heavy (non-hydrogen) atoms. The topological polar surface area (TPSA) is 64.9 Å². The Morgan fingerprint density at radius 3 is 3.05 bits per heavy atom. The summed E-state index contributed by atoms with van der Waals surface area (Å²) in [6.07, 6.45) is 2.41. The molecule has 2 atom stereocenters. The molecule has 1 aromatic carbocycles. The highest BCUT2D eigenvalue weighted by atomic mass is 16.5. The van der Waals surface area contributed by atoms with Gasteiger partial charge in [-0.25, -0.2) is 4.68 Å². The second-order valence-electron chi connectivity index (χ2n) is 5.25. The zero-order valence-electron chi connectivity index (χ0n) is 11.8. The van der Waals surface area contributed by atoms with Crippen LogP contribution in [-0.2, 0) is 11.8 Å². The molecule has 1 fully saturated rings. The van der Waals surface area contributed by atoms with Gasteiger partial charge in [-0.05, 0) is 42.3 Å². The Balaban J connectivity index is 1.76. The fourth-order valence-corrected chi connectivity index (χ4v) is 2.59. The summed E-state index contributed by atoms with van der Waals surface area (Å²) in [6.45, 7) is 2.95. The van der Waals surface area contributed by atoms with Gasteiger partial charge in [0.2, 0.25) is 0 Å². The molecule has 106 valence electrons. The molecule has 2 aromatic rings. The summed E-state index contributed by atoms with van der Waals surface area (Å²) in [5.41, 5.74) is 2.12. The molecule has 2 unspecified atom stereocenters. The van der Waals surface area contributed by atoms with Crippen molar-refractivity contribution in [3.8, 4) is 11.4 Å². The first-order valence-corrected chi connectivity index (χ1v) is 6.93. The van der Waals surface area contributed by atoms with Gasteiger partial charge in [-0.1, -0.05) is 12.1 Å². The number of nitrogens with zero attached hydrogens (tertiary/aromatic N) is 4. The van der Waals surface area contributed by atoms with E-state index in [4.69, 9.17) is 4.74 Å². The lowest BCUT2D eigenvalue weighted by atomic mass is 10.0. The zero-order valence-corrected chi connectivity index (χ0v) is 11.8. The molecule has 0 amide bonds. The lowest BCUT2D eigenvalue weighted by Crippen LogP contribution is -2.32. The number of nitrogens with one attached hydrogen (secondary N) is 1. The van der Waals surface area contributed by atoms with E-state index in [-0.39, 0.29) is 0 Å². The molecule has 1 aromatic heterocycles. The van der Waals surface area contributed by atoms with E-state index in [0.29, 0.717) is 12.1 Å². The molecular weight excluding hydrogens is 254 g/mol. The van der Waals surface area contributed by atoms with Crippen LogP contribution in [0.4, 0.5) is 5.69 Å². The molecule has 0 radical (unpaired) electrons. The van der Waals surface area contributed by atoms with Gasteiger partial charge in [0.1, 0.15) is 0 Å². The monoisotopic (exact) mass is 273 g/mol. The number of hydrogen-bond donors (Lipinski definition) is 1. The van der Waals surface area contributed by atoms with Crippen LogP contribution >= 0.6 is 0 Å². The summed E-state index contributed by atoms with van der Waals surface area (Å²) in [4.78, 5) is 0. The summed E-state index contributed by atoms with van der Waals surface area (Å²) in [5, 5.41) is 15.2. The fourth-order valence-electron chi connectivity index (χ4n) is 2.59. The number of benzene rings is 1. The van der Waals surface area contributed by atoms with Crippen molar-refractivity contribution in [2.24, 2.45) is 7.05 Å². The number of aryl methyl sites for hydroxylation is 1. The van der Waals surface area contributed by atoms with Crippen molar-refractivity contribution in [2.75, 3.05) is 11.9 Å². The summed E-state index contributed by atoms with van der Waals surface area (Å²) in [5.74, 6) is 0.772. The minimum absolute atomic E-state index is 0.326. The number of tetrazole rings is 1. The van der Waals surface area contributed by atoms with Crippen LogP contribution in [0, 0.1) is 0 Å². The molecular formula is C14H19N5O. The quantitative estimate of drug-likeness (QED) is 0.924. The first-order chi connectivity index (χ1) is 9.72. The summed E-state index contributed by atoms with van der Waals surface area (Å²) >= 11 is 0. The molecule has 2 heterocycles. The van der Waals surface area contributed by atoms with Crippen LogP contribution in [-0.4, -0.2) is 39.0 Å². The summed E-state index contributed by atoms with van der Waals surface area (Å²) in [7, 11) is 1.84. The van der Waals surface area contributed by atoms with Crippen molar-refractivity contribution in [3.05, 3.63) is 24.3 Å². The van der Waals surface area contributed by atoms with Gasteiger partial charge < -0.3 is 10.1 Å². The molecule has 1 aliphatic rings. The Kier molecular flexibility index (Phi) is 3.64. The van der Waals surface area contributed by atoms with Crippen molar-refractivity contribution in [1.82, 2.24) is 20.2 Å². The Hall–Kier alpha value is -1.95. The highest BCUT2D eigenvalue weighted by molar-refractivity contribution is 5.62. The summed E-state index contributed by atoms with van der Waals surface area (Å²) in [6, 6.07) is 8.67. The smallest absolute Gasteiger partial charge is 0.181 e. The van der Waals surface area contributed by atoms with Gasteiger partial charge in [0, 0.05) is 30.9 Å². The molecule has 1 aliphatic heterocycles. The van der Waals surface area contributed by atoms with Crippen LogP contribution in [0.5, 0.6) is 0 Å². The van der Waals surface area contributed by atoms with Crippen LogP contribution in [0.1, 0.15) is 19.8 Å². The van der Waals surface area contributed by atoms with E-state index in [2.05, 4.69) is 39.9 Å². The van der Waals surface area contributed by atoms with E-state index in [0.717, 1.165) is 36.5 Å². The number of anilines is 1. The van der Waals surface area contributed by atoms with Crippen molar-refractivity contribution >= 4 is 5.69 Å². The average Bonchev–Trinajstić information content (AvgIpc) is 2.85. The van der Waals surface area contributed by atoms with E-state index in [1.807, 2.05) is 19.2 Å². The number of hydrogen-bond acceptors (Lipinski definition) is 5. The van der Waals surface area contributed by atoms with E-state index in [1.165, 1.54) is 0 Å². The fraction of sp³-hybridized carbons (Fsp3) is 0.500. The largest absolute Gasteiger partial charge is 0.382 e. The Morgan fingerprint density at radius 1 is 1.40 bits per heavy atom. The Labute approximate surface area is 118 Å². The van der Waals surface area contributed by atoms with Crippen molar-refractivity contribution in [3.63, 3.8) is 0 Å². The van der Waals surface area contributed by atoms with E-state index in [1.54, 1.807) is 4.68 Å². The maximum absolute atomic E-state index is 5.57. The predicted octanol–water partition coefficient (Wildman–Crippen LogP) is 1.86.